The highest BCUT2D eigenvalue weighted by molar-refractivity contribution is 6.53. The van der Waals surface area contributed by atoms with Gasteiger partial charge in [0.1, 0.15) is 0 Å². The van der Waals surface area contributed by atoms with Crippen LogP contribution < -0.4 is 0 Å². The second kappa shape index (κ2) is 5.15. The van der Waals surface area contributed by atoms with Crippen LogP contribution in [0.5, 0.6) is 0 Å². The highest BCUT2D eigenvalue weighted by Gasteiger charge is 1.99. The minimum Gasteiger partial charge on any atom is -0.394 e. The quantitative estimate of drug-likeness (QED) is 0.386. The van der Waals surface area contributed by atoms with Crippen molar-refractivity contribution in [3.8, 4) is 0 Å². The first-order valence-electron chi connectivity index (χ1n) is 7.13. The first kappa shape index (κ1) is 12.3. The van der Waals surface area contributed by atoms with Gasteiger partial charge in [-0.3, -0.25) is 0 Å². The van der Waals surface area contributed by atoms with Crippen LogP contribution in [-0.4, -0.2) is 12.8 Å². The molecular formula is C19H15NSi. The average Bonchev–Trinajstić information content (AvgIpc) is 2.54. The molecular weight excluding hydrogens is 270 g/mol. The first-order valence-corrected chi connectivity index (χ1v) is 8.71. The van der Waals surface area contributed by atoms with Crippen molar-refractivity contribution in [1.82, 2.24) is 4.64 Å². The lowest BCUT2D eigenvalue weighted by atomic mass is 10.1. The number of nitrogens with one attached hydrogen (secondary N) is 1. The summed E-state index contributed by atoms with van der Waals surface area (Å²) in [7, 11) is -0.909. The van der Waals surface area contributed by atoms with E-state index >= 15 is 0 Å². The molecule has 0 aliphatic heterocycles. The molecule has 100 valence electrons. The zero-order chi connectivity index (χ0) is 14.1. The summed E-state index contributed by atoms with van der Waals surface area (Å²) in [4.78, 5) is 1.44. The predicted octanol–water partition coefficient (Wildman–Crippen LogP) is 4.69. The number of fused-ring (bicyclic) bond motifs is 2. The summed E-state index contributed by atoms with van der Waals surface area (Å²) in [5, 5.41) is 3.97. The van der Waals surface area contributed by atoms with Crippen molar-refractivity contribution in [3.63, 3.8) is 0 Å². The van der Waals surface area contributed by atoms with E-state index in [0.717, 1.165) is 0 Å². The Labute approximate surface area is 124 Å². The monoisotopic (exact) mass is 285 g/mol. The van der Waals surface area contributed by atoms with Crippen LogP contribution in [0.4, 0.5) is 0 Å². The summed E-state index contributed by atoms with van der Waals surface area (Å²) < 4.78 is 3.55. The van der Waals surface area contributed by atoms with E-state index in [-0.39, 0.29) is 0 Å². The van der Waals surface area contributed by atoms with E-state index in [4.69, 9.17) is 0 Å². The summed E-state index contributed by atoms with van der Waals surface area (Å²) in [5.41, 5.74) is 3.66. The third kappa shape index (κ3) is 2.34. The summed E-state index contributed by atoms with van der Waals surface area (Å²) in [5.74, 6) is 0. The van der Waals surface area contributed by atoms with Crippen molar-refractivity contribution in [2.24, 2.45) is 0 Å². The molecule has 1 nitrogen and oxygen atoms in total. The van der Waals surface area contributed by atoms with Gasteiger partial charge < -0.3 is 4.64 Å². The van der Waals surface area contributed by atoms with Gasteiger partial charge in [0.25, 0.3) is 0 Å². The molecule has 3 aromatic carbocycles. The van der Waals surface area contributed by atoms with Gasteiger partial charge >= 0.3 is 0 Å². The van der Waals surface area contributed by atoms with Crippen LogP contribution in [-0.2, 0) is 0 Å². The number of benzene rings is 3. The molecule has 21 heavy (non-hydrogen) atoms. The fraction of sp³-hybridized carbons (Fsp3) is 0. The highest BCUT2D eigenvalue weighted by Crippen LogP contribution is 2.21. The molecule has 4 aromatic rings. The summed E-state index contributed by atoms with van der Waals surface area (Å²) in [6.45, 7) is 0. The van der Waals surface area contributed by atoms with E-state index in [1.807, 2.05) is 0 Å². The number of hydrogen-bond acceptors (Lipinski definition) is 0. The third-order valence-corrected chi connectivity index (χ3v) is 5.93. The summed E-state index contributed by atoms with van der Waals surface area (Å²) >= 11 is 0. The molecule has 0 saturated heterocycles. The Balaban J connectivity index is 2.06. The van der Waals surface area contributed by atoms with Crippen molar-refractivity contribution in [2.75, 3.05) is 0 Å². The zero-order valence-corrected chi connectivity index (χ0v) is 12.6. The zero-order valence-electron chi connectivity index (χ0n) is 11.6. The molecule has 1 heterocycles. The van der Waals surface area contributed by atoms with E-state index < -0.39 is 8.18 Å². The van der Waals surface area contributed by atoms with Crippen LogP contribution in [0, 0.1) is 5.67 Å². The minimum atomic E-state index is -0.909. The number of aromatic nitrogens is 1. The van der Waals surface area contributed by atoms with Gasteiger partial charge in [-0.2, -0.15) is 0 Å². The summed E-state index contributed by atoms with van der Waals surface area (Å²) in [6, 6.07) is 26.0. The van der Waals surface area contributed by atoms with Crippen molar-refractivity contribution in [2.45, 2.75) is 0 Å². The standard InChI is InChI=1S/C19H15NSi/c1-2-6-15(7-3-1)14-21-19-13-17-9-5-4-8-16(17)12-18(19)10-11-20-21/h1-14,20H. The smallest absolute Gasteiger partial charge is 0.164 e. The van der Waals surface area contributed by atoms with Gasteiger partial charge in [-0.1, -0.05) is 60.3 Å². The maximum atomic E-state index is 3.55. The predicted molar refractivity (Wildman–Crippen MR) is 91.4 cm³/mol. The maximum absolute atomic E-state index is 3.55. The first-order chi connectivity index (χ1) is 10.4. The van der Waals surface area contributed by atoms with Gasteiger partial charge in [0.15, 0.2) is 8.18 Å². The van der Waals surface area contributed by atoms with Crippen LogP contribution in [0.2, 0.25) is 0 Å². The Morgan fingerprint density at radius 1 is 0.714 bits per heavy atom. The second-order valence-electron chi connectivity index (χ2n) is 5.23. The third-order valence-electron chi connectivity index (χ3n) is 3.82. The average molecular weight is 285 g/mol. The molecule has 0 saturated carbocycles. The number of H-pyrrole nitrogens is 1. The van der Waals surface area contributed by atoms with E-state index in [0.29, 0.717) is 0 Å². The van der Waals surface area contributed by atoms with Gasteiger partial charge in [-0.05, 0) is 51.1 Å². The lowest BCUT2D eigenvalue weighted by Gasteiger charge is -2.03. The van der Waals surface area contributed by atoms with E-state index in [9.17, 15) is 0 Å². The van der Waals surface area contributed by atoms with Crippen LogP contribution in [0.15, 0.2) is 79.0 Å². The van der Waals surface area contributed by atoms with Crippen LogP contribution >= 0.6 is 0 Å². The molecule has 0 radical (unpaired) electrons. The highest BCUT2D eigenvalue weighted by atomic mass is 28.2. The van der Waals surface area contributed by atoms with Crippen LogP contribution in [0.25, 0.3) is 21.2 Å². The molecule has 0 aliphatic rings. The largest absolute Gasteiger partial charge is 0.394 e. The molecule has 0 bridgehead atoms. The fourth-order valence-corrected chi connectivity index (χ4v) is 4.72. The Kier molecular flexibility index (Phi) is 3.02. The van der Waals surface area contributed by atoms with Gasteiger partial charge in [-0.15, -0.1) is 0 Å². The Bertz CT molecular complexity index is 984. The molecule has 1 N–H and O–H groups in total. The van der Waals surface area contributed by atoms with Crippen molar-refractivity contribution in [3.05, 3.63) is 90.2 Å². The van der Waals surface area contributed by atoms with Gasteiger partial charge in [0, 0.05) is 0 Å². The molecule has 0 amide bonds. The number of aromatic amines is 1. The molecule has 4 rings (SSSR count). The number of hydrogen-bond donors (Lipinski definition) is 1. The maximum Gasteiger partial charge on any atom is 0.164 e. The molecule has 0 unspecified atom stereocenters. The Morgan fingerprint density at radius 2 is 1.43 bits per heavy atom. The van der Waals surface area contributed by atoms with Gasteiger partial charge in [0.05, 0.1) is 0 Å². The van der Waals surface area contributed by atoms with Crippen molar-refractivity contribution < 1.29 is 0 Å². The van der Waals surface area contributed by atoms with Crippen molar-refractivity contribution >= 4 is 29.3 Å². The van der Waals surface area contributed by atoms with Crippen LogP contribution in [0.1, 0.15) is 5.56 Å². The normalized spacial score (nSPS) is 12.1. The van der Waals surface area contributed by atoms with E-state index in [1.165, 1.54) is 26.7 Å². The molecule has 0 aliphatic carbocycles. The van der Waals surface area contributed by atoms with Crippen LogP contribution in [0.3, 0.4) is 0 Å². The lowest BCUT2D eigenvalue weighted by Crippen LogP contribution is -1.93. The summed E-state index contributed by atoms with van der Waals surface area (Å²) in [6.07, 6.45) is 2.09. The SMILES string of the molecule is C(c1ccccc1)=[si]1[nH]ccc2cc3ccccc3cc21. The lowest BCUT2D eigenvalue weighted by molar-refractivity contribution is 1.50. The van der Waals surface area contributed by atoms with E-state index in [2.05, 4.69) is 89.3 Å². The Morgan fingerprint density at radius 3 is 2.24 bits per heavy atom. The Hall–Kier alpha value is -2.45. The van der Waals surface area contributed by atoms with Gasteiger partial charge in [0.2, 0.25) is 0 Å². The second-order valence-corrected chi connectivity index (χ2v) is 7.18. The molecule has 0 atom stereocenters. The van der Waals surface area contributed by atoms with Gasteiger partial charge in [-0.25, -0.2) is 0 Å². The topological polar surface area (TPSA) is 15.8 Å². The number of rotatable bonds is 1. The van der Waals surface area contributed by atoms with Crippen molar-refractivity contribution in [1.29, 1.82) is 0 Å². The fourth-order valence-electron chi connectivity index (χ4n) is 2.76. The molecule has 0 spiro atoms. The molecule has 1 aromatic heterocycles. The molecule has 0 fully saturated rings. The van der Waals surface area contributed by atoms with E-state index in [1.54, 1.807) is 0 Å². The minimum absolute atomic E-state index is 0.909. The molecule has 2 heteroatoms.